The summed E-state index contributed by atoms with van der Waals surface area (Å²) in [5, 5.41) is 0. The van der Waals surface area contributed by atoms with Crippen LogP contribution < -0.4 is 0 Å². The average molecular weight is 289 g/mol. The Kier molecular flexibility index (Phi) is 4.16. The first-order valence-corrected chi connectivity index (χ1v) is 6.37. The van der Waals surface area contributed by atoms with Gasteiger partial charge in [-0.05, 0) is 42.8 Å². The molecule has 0 aliphatic rings. The summed E-state index contributed by atoms with van der Waals surface area (Å²) >= 11 is 3.34. The number of aromatic nitrogens is 1. The molecule has 0 N–H and O–H groups in total. The van der Waals surface area contributed by atoms with E-state index in [1.807, 2.05) is 26.8 Å². The second-order valence-electron chi connectivity index (χ2n) is 3.99. The van der Waals surface area contributed by atoms with Crippen LogP contribution in [0.4, 0.5) is 0 Å². The van der Waals surface area contributed by atoms with E-state index in [0.29, 0.717) is 0 Å². The van der Waals surface area contributed by atoms with Crippen molar-refractivity contribution >= 4 is 33.1 Å². The van der Waals surface area contributed by atoms with Gasteiger partial charge in [0.2, 0.25) is 0 Å². The maximum atomic E-state index is 11.6. The molecule has 1 atom stereocenters. The molecule has 0 saturated heterocycles. The van der Waals surface area contributed by atoms with Gasteiger partial charge < -0.3 is 0 Å². The lowest BCUT2D eigenvalue weighted by Gasteiger charge is -2.12. The van der Waals surface area contributed by atoms with Crippen LogP contribution >= 0.6 is 15.9 Å². The third kappa shape index (κ3) is 3.83. The van der Waals surface area contributed by atoms with E-state index in [1.54, 1.807) is 18.6 Å². The summed E-state index contributed by atoms with van der Waals surface area (Å²) < 4.78 is 16.2. The van der Waals surface area contributed by atoms with Crippen LogP contribution in [-0.2, 0) is 11.0 Å². The molecule has 0 aliphatic heterocycles. The highest BCUT2D eigenvalue weighted by Gasteiger charge is 2.18. The topological polar surface area (TPSA) is 42.3 Å². The second kappa shape index (κ2) is 4.99. The molecular formula is C10H13BrN2OS. The summed E-state index contributed by atoms with van der Waals surface area (Å²) in [6.45, 7) is 5.67. The van der Waals surface area contributed by atoms with Gasteiger partial charge in [-0.1, -0.05) is 0 Å². The van der Waals surface area contributed by atoms with Crippen LogP contribution in [0.2, 0.25) is 0 Å². The van der Waals surface area contributed by atoms with Crippen molar-refractivity contribution in [2.45, 2.75) is 25.5 Å². The summed E-state index contributed by atoms with van der Waals surface area (Å²) in [4.78, 5) is 3.94. The largest absolute Gasteiger partial charge is 0.264 e. The number of pyridine rings is 1. The van der Waals surface area contributed by atoms with Crippen molar-refractivity contribution in [1.29, 1.82) is 0 Å². The molecule has 0 spiro atoms. The van der Waals surface area contributed by atoms with E-state index in [1.165, 1.54) is 0 Å². The monoisotopic (exact) mass is 288 g/mol. The lowest BCUT2D eigenvalue weighted by molar-refractivity contribution is 0.651. The Balaban J connectivity index is 2.84. The Morgan fingerprint density at radius 2 is 2.20 bits per heavy atom. The fraction of sp³-hybridized carbons (Fsp3) is 0.400. The van der Waals surface area contributed by atoms with Crippen molar-refractivity contribution in [2.75, 3.05) is 0 Å². The third-order valence-electron chi connectivity index (χ3n) is 1.62. The van der Waals surface area contributed by atoms with Gasteiger partial charge in [0.15, 0.2) is 0 Å². The molecule has 0 aromatic carbocycles. The predicted octanol–water partition coefficient (Wildman–Crippen LogP) is 2.73. The SMILES string of the molecule is CC(C)(C)S(=O)N=Cc1ccncc1Br. The van der Waals surface area contributed by atoms with E-state index in [9.17, 15) is 4.21 Å². The molecule has 0 radical (unpaired) electrons. The molecule has 0 bridgehead atoms. The minimum atomic E-state index is -1.22. The third-order valence-corrected chi connectivity index (χ3v) is 3.62. The average Bonchev–Trinajstić information content (AvgIpc) is 2.14. The van der Waals surface area contributed by atoms with Gasteiger partial charge in [-0.2, -0.15) is 4.40 Å². The smallest absolute Gasteiger partial charge is 0.144 e. The zero-order valence-corrected chi connectivity index (χ0v) is 11.3. The normalized spacial score (nSPS) is 14.4. The van der Waals surface area contributed by atoms with Crippen molar-refractivity contribution < 1.29 is 4.21 Å². The molecule has 15 heavy (non-hydrogen) atoms. The molecule has 0 saturated carbocycles. The minimum absolute atomic E-state index is 0.323. The van der Waals surface area contributed by atoms with Crippen LogP contribution in [-0.4, -0.2) is 20.2 Å². The van der Waals surface area contributed by atoms with Crippen LogP contribution in [0.25, 0.3) is 0 Å². The van der Waals surface area contributed by atoms with Gasteiger partial charge >= 0.3 is 0 Å². The first-order valence-electron chi connectivity index (χ1n) is 4.47. The fourth-order valence-electron chi connectivity index (χ4n) is 0.753. The van der Waals surface area contributed by atoms with Crippen LogP contribution in [0.5, 0.6) is 0 Å². The van der Waals surface area contributed by atoms with Gasteiger partial charge in [-0.25, -0.2) is 4.21 Å². The highest BCUT2D eigenvalue weighted by Crippen LogP contribution is 2.15. The Morgan fingerprint density at radius 3 is 2.73 bits per heavy atom. The Bertz CT molecular complexity index is 399. The van der Waals surface area contributed by atoms with Crippen LogP contribution in [0, 0.1) is 0 Å². The first-order chi connectivity index (χ1) is 6.91. The van der Waals surface area contributed by atoms with Crippen molar-refractivity contribution in [1.82, 2.24) is 4.98 Å². The van der Waals surface area contributed by atoms with Crippen LogP contribution in [0.3, 0.4) is 0 Å². The molecule has 1 aromatic heterocycles. The van der Waals surface area contributed by atoms with E-state index >= 15 is 0 Å². The van der Waals surface area contributed by atoms with E-state index in [4.69, 9.17) is 0 Å². The molecule has 1 unspecified atom stereocenters. The van der Waals surface area contributed by atoms with Gasteiger partial charge in [-0.15, -0.1) is 0 Å². The van der Waals surface area contributed by atoms with Gasteiger partial charge in [0.05, 0.1) is 4.75 Å². The van der Waals surface area contributed by atoms with E-state index < -0.39 is 11.0 Å². The molecule has 0 aliphatic carbocycles. The number of nitrogens with zero attached hydrogens (tertiary/aromatic N) is 2. The van der Waals surface area contributed by atoms with Gasteiger partial charge in [0.1, 0.15) is 11.0 Å². The highest BCUT2D eigenvalue weighted by molar-refractivity contribution is 9.10. The molecule has 1 aromatic rings. The van der Waals surface area contributed by atoms with Crippen LogP contribution in [0.1, 0.15) is 26.3 Å². The number of rotatable bonds is 2. The summed E-state index contributed by atoms with van der Waals surface area (Å²) in [5.41, 5.74) is 0.877. The standard InChI is InChI=1S/C10H13BrN2OS/c1-10(2,3)15(14)13-6-8-4-5-12-7-9(8)11/h4-7H,1-3H3. The Hall–Kier alpha value is -0.550. The number of hydrogen-bond acceptors (Lipinski definition) is 2. The number of hydrogen-bond donors (Lipinski definition) is 0. The minimum Gasteiger partial charge on any atom is -0.264 e. The molecule has 0 fully saturated rings. The maximum Gasteiger partial charge on any atom is 0.144 e. The van der Waals surface area contributed by atoms with Crippen LogP contribution in [0.15, 0.2) is 27.3 Å². The molecule has 1 rings (SSSR count). The van der Waals surface area contributed by atoms with Crippen molar-refractivity contribution in [2.24, 2.45) is 4.40 Å². The summed E-state index contributed by atoms with van der Waals surface area (Å²) in [6.07, 6.45) is 4.96. The summed E-state index contributed by atoms with van der Waals surface area (Å²) in [7, 11) is -1.22. The highest BCUT2D eigenvalue weighted by atomic mass is 79.9. The first kappa shape index (κ1) is 12.5. The lowest BCUT2D eigenvalue weighted by Crippen LogP contribution is -2.19. The van der Waals surface area contributed by atoms with Gasteiger partial charge in [-0.3, -0.25) is 4.98 Å². The Morgan fingerprint density at radius 1 is 1.53 bits per heavy atom. The maximum absolute atomic E-state index is 11.6. The molecule has 0 amide bonds. The number of halogens is 1. The summed E-state index contributed by atoms with van der Waals surface area (Å²) in [5.74, 6) is 0. The Labute approximate surface area is 101 Å². The van der Waals surface area contributed by atoms with E-state index in [-0.39, 0.29) is 4.75 Å². The lowest BCUT2D eigenvalue weighted by atomic mass is 10.3. The van der Waals surface area contributed by atoms with E-state index in [2.05, 4.69) is 25.3 Å². The van der Waals surface area contributed by atoms with E-state index in [0.717, 1.165) is 10.0 Å². The van der Waals surface area contributed by atoms with Crippen molar-refractivity contribution in [3.8, 4) is 0 Å². The summed E-state index contributed by atoms with van der Waals surface area (Å²) in [6, 6.07) is 1.81. The predicted molar refractivity (Wildman–Crippen MR) is 67.4 cm³/mol. The van der Waals surface area contributed by atoms with Crippen molar-refractivity contribution in [3.05, 3.63) is 28.5 Å². The zero-order chi connectivity index (χ0) is 11.5. The zero-order valence-electron chi connectivity index (χ0n) is 8.90. The van der Waals surface area contributed by atoms with Gasteiger partial charge in [0.25, 0.3) is 0 Å². The molecule has 1 heterocycles. The second-order valence-corrected chi connectivity index (χ2v) is 6.78. The molecule has 82 valence electrons. The molecule has 3 nitrogen and oxygen atoms in total. The quantitative estimate of drug-likeness (QED) is 0.786. The fourth-order valence-corrected chi connectivity index (χ4v) is 1.63. The van der Waals surface area contributed by atoms with Crippen molar-refractivity contribution in [3.63, 3.8) is 0 Å². The van der Waals surface area contributed by atoms with Gasteiger partial charge in [0, 0.05) is 28.6 Å². The molecule has 5 heteroatoms. The molecular weight excluding hydrogens is 276 g/mol.